The summed E-state index contributed by atoms with van der Waals surface area (Å²) in [5, 5.41) is 17.1. The van der Waals surface area contributed by atoms with Gasteiger partial charge in [-0.15, -0.1) is 10.2 Å². The van der Waals surface area contributed by atoms with Crippen LogP contribution < -0.4 is 0 Å². The number of piperazine rings is 1. The molecule has 9 nitrogen and oxygen atoms in total. The maximum Gasteiger partial charge on any atom is 0.222 e. The molecule has 0 spiro atoms. The van der Waals surface area contributed by atoms with E-state index in [-0.39, 0.29) is 5.91 Å². The van der Waals surface area contributed by atoms with E-state index in [1.165, 1.54) is 11.3 Å². The molecule has 3 aromatic rings. The number of amides is 1. The Labute approximate surface area is 182 Å². The van der Waals surface area contributed by atoms with Gasteiger partial charge in [0, 0.05) is 63.0 Å². The summed E-state index contributed by atoms with van der Waals surface area (Å²) in [4.78, 5) is 18.6. The first-order chi connectivity index (χ1) is 15.0. The fourth-order valence-electron chi connectivity index (χ4n) is 4.00. The van der Waals surface area contributed by atoms with Crippen LogP contribution in [-0.4, -0.2) is 71.9 Å². The van der Waals surface area contributed by atoms with E-state index >= 15 is 0 Å². The van der Waals surface area contributed by atoms with Gasteiger partial charge in [0.05, 0.1) is 12.2 Å². The molecule has 3 heterocycles. The molecule has 164 valence electrons. The van der Waals surface area contributed by atoms with Crippen molar-refractivity contribution in [3.8, 4) is 11.4 Å². The number of carbonyl (C=O) groups excluding carboxylic acids is 1. The first-order valence-corrected chi connectivity index (χ1v) is 10.8. The van der Waals surface area contributed by atoms with Gasteiger partial charge in [-0.1, -0.05) is 30.3 Å². The van der Waals surface area contributed by atoms with Gasteiger partial charge in [-0.3, -0.25) is 14.4 Å². The molecule has 0 N–H and O–H groups in total. The number of nitrogens with zero attached hydrogens (tertiary/aromatic N) is 8. The van der Waals surface area contributed by atoms with Crippen molar-refractivity contribution >= 4 is 5.91 Å². The summed E-state index contributed by atoms with van der Waals surface area (Å²) < 4.78 is 1.94. The van der Waals surface area contributed by atoms with Crippen LogP contribution in [0.2, 0.25) is 0 Å². The summed E-state index contributed by atoms with van der Waals surface area (Å²) in [6.07, 6.45) is 1.21. The zero-order valence-corrected chi connectivity index (χ0v) is 18.5. The van der Waals surface area contributed by atoms with Crippen molar-refractivity contribution in [3.63, 3.8) is 0 Å². The topological polar surface area (TPSA) is 85.0 Å². The Kier molecular flexibility index (Phi) is 6.41. The molecule has 9 heteroatoms. The Morgan fingerprint density at radius 3 is 2.45 bits per heavy atom. The van der Waals surface area contributed by atoms with E-state index in [0.29, 0.717) is 25.2 Å². The molecule has 0 unspecified atom stereocenters. The molecule has 0 radical (unpaired) electrons. The van der Waals surface area contributed by atoms with E-state index < -0.39 is 0 Å². The summed E-state index contributed by atoms with van der Waals surface area (Å²) in [6, 6.07) is 9.78. The maximum absolute atomic E-state index is 12.6. The van der Waals surface area contributed by atoms with Crippen LogP contribution in [0, 0.1) is 13.8 Å². The van der Waals surface area contributed by atoms with Crippen LogP contribution in [0.5, 0.6) is 0 Å². The number of carbonyl (C=O) groups is 1. The van der Waals surface area contributed by atoms with E-state index in [9.17, 15) is 4.79 Å². The number of aromatic nitrogens is 6. The molecule has 1 aliphatic heterocycles. The predicted molar refractivity (Wildman–Crippen MR) is 117 cm³/mol. The van der Waals surface area contributed by atoms with Gasteiger partial charge < -0.3 is 4.90 Å². The van der Waals surface area contributed by atoms with Gasteiger partial charge in [0.2, 0.25) is 11.7 Å². The molecule has 1 fully saturated rings. The maximum atomic E-state index is 12.6. The zero-order chi connectivity index (χ0) is 21.8. The molecular formula is C22H30N8O. The summed E-state index contributed by atoms with van der Waals surface area (Å²) in [7, 11) is 1.99. The highest BCUT2D eigenvalue weighted by molar-refractivity contribution is 5.76. The van der Waals surface area contributed by atoms with Crippen LogP contribution in [0.4, 0.5) is 0 Å². The highest BCUT2D eigenvalue weighted by Crippen LogP contribution is 2.16. The van der Waals surface area contributed by atoms with Crippen LogP contribution in [-0.2, 0) is 24.9 Å². The number of aryl methyl sites for hydroxylation is 3. The molecular weight excluding hydrogens is 392 g/mol. The van der Waals surface area contributed by atoms with E-state index in [1.807, 2.05) is 47.0 Å². The minimum Gasteiger partial charge on any atom is -0.340 e. The van der Waals surface area contributed by atoms with Crippen LogP contribution in [0.1, 0.15) is 29.8 Å². The monoisotopic (exact) mass is 422 g/mol. The van der Waals surface area contributed by atoms with Crippen molar-refractivity contribution in [3.05, 3.63) is 47.3 Å². The third-order valence-corrected chi connectivity index (χ3v) is 6.00. The highest BCUT2D eigenvalue weighted by atomic mass is 16.2. The molecule has 0 bridgehead atoms. The molecule has 31 heavy (non-hydrogen) atoms. The van der Waals surface area contributed by atoms with Crippen molar-refractivity contribution in [2.24, 2.45) is 7.05 Å². The quantitative estimate of drug-likeness (QED) is 0.577. The Hall–Kier alpha value is -3.07. The third-order valence-electron chi connectivity index (χ3n) is 6.00. The first-order valence-electron chi connectivity index (χ1n) is 10.8. The Morgan fingerprint density at radius 2 is 1.77 bits per heavy atom. The van der Waals surface area contributed by atoms with Crippen molar-refractivity contribution in [2.75, 3.05) is 26.2 Å². The van der Waals surface area contributed by atoms with Gasteiger partial charge in [0.15, 0.2) is 0 Å². The summed E-state index contributed by atoms with van der Waals surface area (Å²) in [5.74, 6) is 0.818. The van der Waals surface area contributed by atoms with E-state index in [1.54, 1.807) is 4.80 Å². The number of hydrogen-bond donors (Lipinski definition) is 0. The zero-order valence-electron chi connectivity index (χ0n) is 18.5. The summed E-state index contributed by atoms with van der Waals surface area (Å²) >= 11 is 0. The van der Waals surface area contributed by atoms with E-state index in [2.05, 4.69) is 39.3 Å². The van der Waals surface area contributed by atoms with Crippen molar-refractivity contribution in [1.82, 2.24) is 39.8 Å². The first kappa shape index (κ1) is 21.2. The second kappa shape index (κ2) is 9.38. The number of tetrazole rings is 1. The molecule has 1 saturated heterocycles. The average molecular weight is 423 g/mol. The van der Waals surface area contributed by atoms with Gasteiger partial charge in [0.25, 0.3) is 0 Å². The second-order valence-electron chi connectivity index (χ2n) is 8.11. The Balaban J connectivity index is 1.20. The van der Waals surface area contributed by atoms with Crippen LogP contribution >= 0.6 is 0 Å². The Bertz CT molecular complexity index is 1020. The highest BCUT2D eigenvalue weighted by Gasteiger charge is 2.22. The van der Waals surface area contributed by atoms with Gasteiger partial charge >= 0.3 is 0 Å². The van der Waals surface area contributed by atoms with Crippen LogP contribution in [0.25, 0.3) is 11.4 Å². The molecule has 0 saturated carbocycles. The molecule has 4 rings (SSSR count). The average Bonchev–Trinajstić information content (AvgIpc) is 3.35. The minimum absolute atomic E-state index is 0.205. The van der Waals surface area contributed by atoms with Crippen molar-refractivity contribution < 1.29 is 4.79 Å². The van der Waals surface area contributed by atoms with Crippen LogP contribution in [0.3, 0.4) is 0 Å². The van der Waals surface area contributed by atoms with Gasteiger partial charge in [0.1, 0.15) is 0 Å². The van der Waals surface area contributed by atoms with Gasteiger partial charge in [-0.05, 0) is 25.5 Å². The molecule has 0 aliphatic carbocycles. The largest absolute Gasteiger partial charge is 0.340 e. The lowest BCUT2D eigenvalue weighted by Crippen LogP contribution is -2.48. The molecule has 0 atom stereocenters. The third kappa shape index (κ3) is 4.99. The molecule has 2 aromatic heterocycles. The minimum atomic E-state index is 0.205. The SMILES string of the molecule is Cc1nn(C)c(C)c1CN1CCN(C(=O)CCCn2nnc(-c3ccccc3)n2)CC1. The fraction of sp³-hybridized carbons (Fsp3) is 0.500. The van der Waals surface area contributed by atoms with E-state index in [4.69, 9.17) is 0 Å². The van der Waals surface area contributed by atoms with Gasteiger partial charge in [-0.25, -0.2) is 0 Å². The number of rotatable bonds is 7. The fourth-order valence-corrected chi connectivity index (χ4v) is 4.00. The lowest BCUT2D eigenvalue weighted by atomic mass is 10.1. The predicted octanol–water partition coefficient (Wildman–Crippen LogP) is 1.82. The normalized spacial score (nSPS) is 14.9. The van der Waals surface area contributed by atoms with Crippen molar-refractivity contribution in [1.29, 1.82) is 0 Å². The second-order valence-corrected chi connectivity index (χ2v) is 8.11. The number of benzene rings is 1. The van der Waals surface area contributed by atoms with E-state index in [0.717, 1.165) is 44.0 Å². The standard InChI is InChI=1S/C22H30N8O/c1-17-20(18(2)27(3)24-17)16-28-12-14-29(15-13-28)21(31)10-7-11-30-25-22(23-26-30)19-8-5-4-6-9-19/h4-6,8-9H,7,10-16H2,1-3H3. The number of hydrogen-bond acceptors (Lipinski definition) is 6. The molecule has 1 aromatic carbocycles. The van der Waals surface area contributed by atoms with Crippen molar-refractivity contribution in [2.45, 2.75) is 39.8 Å². The smallest absolute Gasteiger partial charge is 0.222 e. The summed E-state index contributed by atoms with van der Waals surface area (Å²) in [6.45, 7) is 9.00. The lowest BCUT2D eigenvalue weighted by molar-refractivity contribution is -0.133. The Morgan fingerprint density at radius 1 is 1.03 bits per heavy atom. The lowest BCUT2D eigenvalue weighted by Gasteiger charge is -2.34. The molecule has 1 aliphatic rings. The van der Waals surface area contributed by atoms with Gasteiger partial charge in [-0.2, -0.15) is 9.90 Å². The van der Waals surface area contributed by atoms with Crippen LogP contribution in [0.15, 0.2) is 30.3 Å². The molecule has 1 amide bonds. The summed E-state index contributed by atoms with van der Waals surface area (Å²) in [5.41, 5.74) is 4.56.